The van der Waals surface area contributed by atoms with E-state index >= 15 is 0 Å². The Labute approximate surface area is 248 Å². The molecule has 0 saturated carbocycles. The number of benzene rings is 2. The normalized spacial score (nSPS) is 11.8. The van der Waals surface area contributed by atoms with Crippen LogP contribution in [0.5, 0.6) is 11.5 Å². The smallest absolute Gasteiger partial charge is 0.232 e. The molecule has 0 bridgehead atoms. The van der Waals surface area contributed by atoms with Gasteiger partial charge in [0.25, 0.3) is 0 Å². The minimum atomic E-state index is -1.07. The Morgan fingerprint density at radius 3 is 2.55 bits per heavy atom. The molecule has 2 heterocycles. The van der Waals surface area contributed by atoms with Crippen LogP contribution >= 0.6 is 11.6 Å². The van der Waals surface area contributed by atoms with Crippen molar-refractivity contribution in [1.82, 2.24) is 19.9 Å². The summed E-state index contributed by atoms with van der Waals surface area (Å²) in [6, 6.07) is 14.0. The number of amides is 2. The molecule has 4 rings (SSSR count). The number of aliphatic hydroxyl groups excluding tert-OH is 1. The second-order valence-corrected chi connectivity index (χ2v) is 11.6. The number of hydrogen-bond acceptors (Lipinski definition) is 8. The largest absolute Gasteiger partial charge is 0.456 e. The average molecular weight is 595 g/mol. The van der Waals surface area contributed by atoms with E-state index in [1.54, 1.807) is 70.2 Å². The van der Waals surface area contributed by atoms with Crippen molar-refractivity contribution >= 4 is 51.6 Å². The number of aliphatic hydroxyl groups is 2. The second kappa shape index (κ2) is 12.8. The number of hydrogen-bond donors (Lipinski definition) is 5. The molecule has 2 aromatic carbocycles. The zero-order chi connectivity index (χ0) is 30.5. The lowest BCUT2D eigenvalue weighted by Crippen LogP contribution is -2.33. The molecule has 0 aliphatic rings. The molecule has 5 N–H and O–H groups in total. The number of aromatic nitrogens is 3. The van der Waals surface area contributed by atoms with E-state index < -0.39 is 11.0 Å². The Balaban J connectivity index is 1.44. The van der Waals surface area contributed by atoms with Gasteiger partial charge in [-0.25, -0.2) is 9.97 Å². The Kier molecular flexibility index (Phi) is 9.35. The lowest BCUT2D eigenvalue weighted by atomic mass is 9.93. The Bertz CT molecular complexity index is 1580. The van der Waals surface area contributed by atoms with Crippen molar-refractivity contribution in [3.05, 3.63) is 66.1 Å². The van der Waals surface area contributed by atoms with E-state index in [2.05, 4.69) is 25.9 Å². The van der Waals surface area contributed by atoms with E-state index in [0.29, 0.717) is 46.8 Å². The third kappa shape index (κ3) is 7.96. The van der Waals surface area contributed by atoms with Crippen LogP contribution < -0.4 is 20.7 Å². The van der Waals surface area contributed by atoms with Crippen LogP contribution in [0.4, 0.5) is 17.2 Å². The number of halogens is 1. The third-order valence-corrected chi connectivity index (χ3v) is 6.64. The minimum Gasteiger partial charge on any atom is -0.456 e. The Hall–Kier alpha value is -4.19. The van der Waals surface area contributed by atoms with Crippen LogP contribution in [-0.2, 0) is 16.1 Å². The summed E-state index contributed by atoms with van der Waals surface area (Å²) in [5.41, 5.74) is 0.696. The van der Waals surface area contributed by atoms with E-state index in [1.165, 1.54) is 6.33 Å². The van der Waals surface area contributed by atoms with Crippen LogP contribution in [0.25, 0.3) is 11.0 Å². The number of rotatable bonds is 12. The fourth-order valence-corrected chi connectivity index (χ4v) is 4.24. The fourth-order valence-electron chi connectivity index (χ4n) is 4.02. The van der Waals surface area contributed by atoms with Crippen LogP contribution in [0.1, 0.15) is 34.1 Å². The first kappa shape index (κ1) is 30.8. The van der Waals surface area contributed by atoms with Gasteiger partial charge in [0.15, 0.2) is 5.82 Å². The van der Waals surface area contributed by atoms with Gasteiger partial charge in [0.1, 0.15) is 23.3 Å². The van der Waals surface area contributed by atoms with Gasteiger partial charge in [0, 0.05) is 36.7 Å². The maximum Gasteiger partial charge on any atom is 0.232 e. The quantitative estimate of drug-likeness (QED) is 0.156. The monoisotopic (exact) mass is 594 g/mol. The van der Waals surface area contributed by atoms with E-state index in [4.69, 9.17) is 16.3 Å². The number of carbonyl (C=O) groups excluding carboxylic acids is 2. The molecule has 42 heavy (non-hydrogen) atoms. The molecule has 2 amide bonds. The number of carbonyl (C=O) groups is 2. The maximum atomic E-state index is 12.4. The fraction of sp³-hybridized carbons (Fsp3) is 0.333. The standard InChI is InChI=1S/C30H35ClN6O5/c1-29(2,17-38)28(40)36-19-6-5-7-21(14-19)42-24-9-8-20(15-22(24)31)35-27-26-23(33-18-34-27)10-12-37(26)13-11-32-25(39)16-30(3,4)41/h5-10,12,14-15,18,38,41H,11,13,16-17H2,1-4H3,(H,32,39)(H,36,40)(H,33,34,35). The van der Waals surface area contributed by atoms with Crippen molar-refractivity contribution in [1.29, 1.82) is 0 Å². The van der Waals surface area contributed by atoms with Crippen LogP contribution in [0.2, 0.25) is 5.02 Å². The molecule has 12 heteroatoms. The molecule has 0 fully saturated rings. The summed E-state index contributed by atoms with van der Waals surface area (Å²) >= 11 is 6.56. The highest BCUT2D eigenvalue weighted by atomic mass is 35.5. The summed E-state index contributed by atoms with van der Waals surface area (Å²) in [7, 11) is 0. The molecular formula is C30H35ClN6O5. The highest BCUT2D eigenvalue weighted by Gasteiger charge is 2.26. The van der Waals surface area contributed by atoms with E-state index in [-0.39, 0.29) is 24.8 Å². The number of ether oxygens (including phenoxy) is 1. The maximum absolute atomic E-state index is 12.4. The molecule has 0 atom stereocenters. The Morgan fingerprint density at radius 2 is 1.83 bits per heavy atom. The summed E-state index contributed by atoms with van der Waals surface area (Å²) in [6.45, 7) is 7.06. The zero-order valence-electron chi connectivity index (χ0n) is 23.9. The molecule has 0 saturated heterocycles. The van der Waals surface area contributed by atoms with Gasteiger partial charge in [0.2, 0.25) is 11.8 Å². The van der Waals surface area contributed by atoms with Crippen LogP contribution in [0.3, 0.4) is 0 Å². The second-order valence-electron chi connectivity index (χ2n) is 11.2. The van der Waals surface area contributed by atoms with E-state index in [9.17, 15) is 19.8 Å². The number of nitrogens with zero attached hydrogens (tertiary/aromatic N) is 3. The molecule has 0 unspecified atom stereocenters. The van der Waals surface area contributed by atoms with Gasteiger partial charge < -0.3 is 35.5 Å². The summed E-state index contributed by atoms with van der Waals surface area (Å²) < 4.78 is 7.92. The number of nitrogens with one attached hydrogen (secondary N) is 3. The van der Waals surface area contributed by atoms with Gasteiger partial charge >= 0.3 is 0 Å². The highest BCUT2D eigenvalue weighted by Crippen LogP contribution is 2.34. The van der Waals surface area contributed by atoms with Gasteiger partial charge in [-0.05, 0) is 64.1 Å². The molecule has 0 spiro atoms. The van der Waals surface area contributed by atoms with Gasteiger partial charge in [0.05, 0.1) is 34.6 Å². The number of fused-ring (bicyclic) bond motifs is 1. The molecule has 11 nitrogen and oxygen atoms in total. The molecule has 222 valence electrons. The van der Waals surface area contributed by atoms with Crippen LogP contribution in [-0.4, -0.2) is 55.3 Å². The van der Waals surface area contributed by atoms with Crippen molar-refractivity contribution in [2.45, 2.75) is 46.3 Å². The van der Waals surface area contributed by atoms with E-state index in [0.717, 1.165) is 11.0 Å². The van der Waals surface area contributed by atoms with Gasteiger partial charge in [-0.2, -0.15) is 0 Å². The summed E-state index contributed by atoms with van der Waals surface area (Å²) in [6.07, 6.45) is 3.35. The van der Waals surface area contributed by atoms with Crippen LogP contribution in [0, 0.1) is 5.41 Å². The zero-order valence-corrected chi connectivity index (χ0v) is 24.7. The molecule has 4 aromatic rings. The van der Waals surface area contributed by atoms with Crippen molar-refractivity contribution in [3.8, 4) is 11.5 Å². The van der Waals surface area contributed by atoms with Crippen molar-refractivity contribution < 1.29 is 24.5 Å². The first-order valence-corrected chi connectivity index (χ1v) is 13.8. The Morgan fingerprint density at radius 1 is 1.05 bits per heavy atom. The average Bonchev–Trinajstić information content (AvgIpc) is 3.33. The molecular weight excluding hydrogens is 560 g/mol. The van der Waals surface area contributed by atoms with Gasteiger partial charge in [-0.1, -0.05) is 17.7 Å². The lowest BCUT2D eigenvalue weighted by molar-refractivity contribution is -0.126. The molecule has 2 aromatic heterocycles. The number of anilines is 3. The summed E-state index contributed by atoms with van der Waals surface area (Å²) in [4.78, 5) is 33.2. The van der Waals surface area contributed by atoms with E-state index in [1.807, 2.05) is 16.8 Å². The minimum absolute atomic E-state index is 0.0147. The first-order chi connectivity index (χ1) is 19.8. The van der Waals surface area contributed by atoms with Crippen LogP contribution in [0.15, 0.2) is 61.1 Å². The SMILES string of the molecule is CC(C)(O)CC(=O)NCCn1ccc2ncnc(Nc3ccc(Oc4cccc(NC(=O)C(C)(C)CO)c4)c(Cl)c3)c21. The molecule has 0 aliphatic carbocycles. The summed E-state index contributed by atoms with van der Waals surface area (Å²) in [5, 5.41) is 28.5. The molecule has 0 radical (unpaired) electrons. The first-order valence-electron chi connectivity index (χ1n) is 13.4. The highest BCUT2D eigenvalue weighted by molar-refractivity contribution is 6.32. The lowest BCUT2D eigenvalue weighted by Gasteiger charge is -2.20. The van der Waals surface area contributed by atoms with Crippen molar-refractivity contribution in [3.63, 3.8) is 0 Å². The van der Waals surface area contributed by atoms with Crippen molar-refractivity contribution in [2.75, 3.05) is 23.8 Å². The topological polar surface area (TPSA) is 151 Å². The predicted molar refractivity (Wildman–Crippen MR) is 162 cm³/mol. The third-order valence-electron chi connectivity index (χ3n) is 6.34. The summed E-state index contributed by atoms with van der Waals surface area (Å²) in [5.74, 6) is 0.914. The van der Waals surface area contributed by atoms with Crippen molar-refractivity contribution in [2.24, 2.45) is 5.41 Å². The van der Waals surface area contributed by atoms with Gasteiger partial charge in [-0.3, -0.25) is 9.59 Å². The molecule has 0 aliphatic heterocycles. The van der Waals surface area contributed by atoms with Gasteiger partial charge in [-0.15, -0.1) is 0 Å². The predicted octanol–water partition coefficient (Wildman–Crippen LogP) is 4.85.